The first-order chi connectivity index (χ1) is 9.88. The second-order valence-corrected chi connectivity index (χ2v) is 5.07. The zero-order valence-electron chi connectivity index (χ0n) is 11.3. The zero-order valence-corrected chi connectivity index (χ0v) is 11.3. The number of amides is 1. The highest BCUT2D eigenvalue weighted by Crippen LogP contribution is 2.32. The summed E-state index contributed by atoms with van der Waals surface area (Å²) in [6.45, 7) is 1.02. The molecule has 21 heavy (non-hydrogen) atoms. The van der Waals surface area contributed by atoms with E-state index in [4.69, 9.17) is 0 Å². The second kappa shape index (κ2) is 6.44. The number of piperidine rings is 1. The van der Waals surface area contributed by atoms with Crippen LogP contribution in [-0.2, 0) is 17.4 Å². The van der Waals surface area contributed by atoms with Gasteiger partial charge >= 0.3 is 6.18 Å². The van der Waals surface area contributed by atoms with Crippen LogP contribution in [0.25, 0.3) is 0 Å². The lowest BCUT2D eigenvalue weighted by atomic mass is 10.0. The van der Waals surface area contributed by atoms with E-state index in [9.17, 15) is 23.1 Å². The van der Waals surface area contributed by atoms with Crippen LogP contribution in [0.1, 0.15) is 17.5 Å². The topological polar surface area (TPSA) is 61.4 Å². The van der Waals surface area contributed by atoms with Gasteiger partial charge in [-0.1, -0.05) is 18.2 Å². The fraction of sp³-hybridized carbons (Fsp3) is 0.500. The number of β-amino-alcohol motifs (C(OH)–C–C–N with tert-alkyl or cyclic N) is 1. The number of nitrogens with one attached hydrogen (secondary N) is 2. The first-order valence-electron chi connectivity index (χ1n) is 6.71. The van der Waals surface area contributed by atoms with Crippen molar-refractivity contribution in [3.8, 4) is 0 Å². The van der Waals surface area contributed by atoms with E-state index < -0.39 is 29.8 Å². The summed E-state index contributed by atoms with van der Waals surface area (Å²) in [5.74, 6) is -0.516. The molecule has 4 nitrogen and oxygen atoms in total. The van der Waals surface area contributed by atoms with Crippen LogP contribution in [0.3, 0.4) is 0 Å². The molecular weight excluding hydrogens is 285 g/mol. The van der Waals surface area contributed by atoms with E-state index in [0.717, 1.165) is 6.07 Å². The van der Waals surface area contributed by atoms with E-state index in [1.54, 1.807) is 0 Å². The summed E-state index contributed by atoms with van der Waals surface area (Å²) in [4.78, 5) is 11.9. The maximum Gasteiger partial charge on any atom is 0.416 e. The summed E-state index contributed by atoms with van der Waals surface area (Å²) in [5.41, 5.74) is -0.864. The minimum atomic E-state index is -4.48. The van der Waals surface area contributed by atoms with E-state index in [0.29, 0.717) is 19.5 Å². The number of aliphatic hydroxyl groups is 1. The molecule has 116 valence electrons. The van der Waals surface area contributed by atoms with Gasteiger partial charge in [0.25, 0.3) is 0 Å². The molecule has 1 fully saturated rings. The molecule has 1 aliphatic rings. The highest BCUT2D eigenvalue weighted by atomic mass is 19.4. The van der Waals surface area contributed by atoms with Crippen LogP contribution < -0.4 is 10.6 Å². The predicted octanol–water partition coefficient (Wildman–Crippen LogP) is 1.09. The van der Waals surface area contributed by atoms with Crippen LogP contribution in [0, 0.1) is 0 Å². The van der Waals surface area contributed by atoms with Crippen LogP contribution in [-0.4, -0.2) is 36.2 Å². The van der Waals surface area contributed by atoms with Gasteiger partial charge in [-0.25, -0.2) is 0 Å². The molecule has 0 aromatic heterocycles. The van der Waals surface area contributed by atoms with Crippen molar-refractivity contribution in [3.05, 3.63) is 35.4 Å². The Morgan fingerprint density at radius 1 is 1.38 bits per heavy atom. The van der Waals surface area contributed by atoms with Gasteiger partial charge in [0.05, 0.1) is 24.1 Å². The third kappa shape index (κ3) is 4.18. The third-order valence-electron chi connectivity index (χ3n) is 3.47. The summed E-state index contributed by atoms with van der Waals surface area (Å²) < 4.78 is 38.5. The van der Waals surface area contributed by atoms with E-state index in [2.05, 4.69) is 10.6 Å². The van der Waals surface area contributed by atoms with Crippen molar-refractivity contribution >= 4 is 5.91 Å². The number of alkyl halides is 3. The summed E-state index contributed by atoms with van der Waals surface area (Å²) in [7, 11) is 0. The fourth-order valence-corrected chi connectivity index (χ4v) is 2.39. The van der Waals surface area contributed by atoms with Crippen LogP contribution in [0.15, 0.2) is 24.3 Å². The fourth-order valence-electron chi connectivity index (χ4n) is 2.39. The minimum absolute atomic E-state index is 0.0640. The molecular formula is C14H17F3N2O2. The van der Waals surface area contributed by atoms with Gasteiger partial charge in [0.1, 0.15) is 0 Å². The van der Waals surface area contributed by atoms with Crippen molar-refractivity contribution in [1.29, 1.82) is 0 Å². The standard InChI is InChI=1S/C14H17F3N2O2/c15-14(16,17)10-4-2-1-3-9(10)7-13(21)19-11-5-6-18-8-12(11)20/h1-4,11-12,18,20H,5-8H2,(H,19,21)/t11-,12-/m1/s1. The van der Waals surface area contributed by atoms with Crippen LogP contribution in [0.2, 0.25) is 0 Å². The van der Waals surface area contributed by atoms with Gasteiger partial charge in [0.15, 0.2) is 0 Å². The van der Waals surface area contributed by atoms with Gasteiger partial charge < -0.3 is 15.7 Å². The first-order valence-corrected chi connectivity index (χ1v) is 6.71. The van der Waals surface area contributed by atoms with Gasteiger partial charge in [0.2, 0.25) is 5.91 Å². The van der Waals surface area contributed by atoms with Crippen molar-refractivity contribution in [2.24, 2.45) is 0 Å². The Morgan fingerprint density at radius 2 is 2.10 bits per heavy atom. The molecule has 1 saturated heterocycles. The number of benzene rings is 1. The lowest BCUT2D eigenvalue weighted by Crippen LogP contribution is -2.53. The summed E-state index contributed by atoms with van der Waals surface area (Å²) >= 11 is 0. The minimum Gasteiger partial charge on any atom is -0.390 e. The van der Waals surface area contributed by atoms with E-state index in [1.807, 2.05) is 0 Å². The summed E-state index contributed by atoms with van der Waals surface area (Å²) in [5, 5.41) is 15.3. The Balaban J connectivity index is 2.03. The Hall–Kier alpha value is -1.60. The Morgan fingerprint density at radius 3 is 2.76 bits per heavy atom. The van der Waals surface area contributed by atoms with Gasteiger partial charge in [-0.3, -0.25) is 4.79 Å². The predicted molar refractivity (Wildman–Crippen MR) is 70.6 cm³/mol. The van der Waals surface area contributed by atoms with Crippen molar-refractivity contribution in [3.63, 3.8) is 0 Å². The molecule has 1 aliphatic heterocycles. The van der Waals surface area contributed by atoms with Crippen molar-refractivity contribution < 1.29 is 23.1 Å². The molecule has 0 saturated carbocycles. The largest absolute Gasteiger partial charge is 0.416 e. The Kier molecular flexibility index (Phi) is 4.84. The normalized spacial score (nSPS) is 22.9. The van der Waals surface area contributed by atoms with Gasteiger partial charge in [-0.05, 0) is 24.6 Å². The lowest BCUT2D eigenvalue weighted by Gasteiger charge is -2.29. The van der Waals surface area contributed by atoms with E-state index in [1.165, 1.54) is 18.2 Å². The highest BCUT2D eigenvalue weighted by molar-refractivity contribution is 5.79. The first kappa shape index (κ1) is 15.8. The van der Waals surface area contributed by atoms with Gasteiger partial charge in [-0.2, -0.15) is 13.2 Å². The average molecular weight is 302 g/mol. The number of hydrogen-bond acceptors (Lipinski definition) is 3. The number of rotatable bonds is 3. The monoisotopic (exact) mass is 302 g/mol. The zero-order chi connectivity index (χ0) is 15.5. The molecule has 2 rings (SSSR count). The van der Waals surface area contributed by atoms with Crippen LogP contribution in [0.5, 0.6) is 0 Å². The van der Waals surface area contributed by atoms with Crippen molar-refractivity contribution in [1.82, 2.24) is 10.6 Å². The molecule has 0 spiro atoms. The highest BCUT2D eigenvalue weighted by Gasteiger charge is 2.33. The van der Waals surface area contributed by atoms with Crippen molar-refractivity contribution in [2.75, 3.05) is 13.1 Å². The second-order valence-electron chi connectivity index (χ2n) is 5.07. The number of carbonyl (C=O) groups excluding carboxylic acids is 1. The van der Waals surface area contributed by atoms with E-state index >= 15 is 0 Å². The number of halogens is 3. The molecule has 3 N–H and O–H groups in total. The Labute approximate surface area is 120 Å². The molecule has 1 amide bonds. The number of aliphatic hydroxyl groups excluding tert-OH is 1. The molecule has 0 aliphatic carbocycles. The molecule has 0 radical (unpaired) electrons. The van der Waals surface area contributed by atoms with E-state index in [-0.39, 0.29) is 12.0 Å². The molecule has 0 unspecified atom stereocenters. The smallest absolute Gasteiger partial charge is 0.390 e. The molecule has 2 atom stereocenters. The SMILES string of the molecule is O=C(Cc1ccccc1C(F)(F)F)N[C@@H]1CCNC[C@H]1O. The average Bonchev–Trinajstić information content (AvgIpc) is 2.41. The van der Waals surface area contributed by atoms with Gasteiger partial charge in [-0.15, -0.1) is 0 Å². The molecule has 7 heteroatoms. The lowest BCUT2D eigenvalue weighted by molar-refractivity contribution is -0.138. The van der Waals surface area contributed by atoms with Crippen LogP contribution >= 0.6 is 0 Å². The van der Waals surface area contributed by atoms with Crippen molar-refractivity contribution in [2.45, 2.75) is 31.2 Å². The number of carbonyl (C=O) groups is 1. The van der Waals surface area contributed by atoms with Gasteiger partial charge in [0, 0.05) is 6.54 Å². The summed E-state index contributed by atoms with van der Waals surface area (Å²) in [6.07, 6.45) is -5.01. The summed E-state index contributed by atoms with van der Waals surface area (Å²) in [6, 6.07) is 4.60. The van der Waals surface area contributed by atoms with Crippen LogP contribution in [0.4, 0.5) is 13.2 Å². The third-order valence-corrected chi connectivity index (χ3v) is 3.47. The number of hydrogen-bond donors (Lipinski definition) is 3. The molecule has 0 bridgehead atoms. The quantitative estimate of drug-likeness (QED) is 0.783. The Bertz CT molecular complexity index is 505. The molecule has 1 heterocycles. The maximum absolute atomic E-state index is 12.8. The molecule has 1 aromatic carbocycles. The molecule has 1 aromatic rings. The maximum atomic E-state index is 12.8.